The lowest BCUT2D eigenvalue weighted by Crippen LogP contribution is -2.54. The van der Waals surface area contributed by atoms with Gasteiger partial charge < -0.3 is 0 Å². The van der Waals surface area contributed by atoms with Crippen molar-refractivity contribution in [3.8, 4) is 0 Å². The molecule has 38 heavy (non-hydrogen) atoms. The number of hydrogen-bond acceptors (Lipinski definition) is 6. The second kappa shape index (κ2) is 9.46. The van der Waals surface area contributed by atoms with Crippen LogP contribution in [0.25, 0.3) is 0 Å². The van der Waals surface area contributed by atoms with E-state index in [0.29, 0.717) is 10.1 Å². The summed E-state index contributed by atoms with van der Waals surface area (Å²) < 4.78 is 0. The van der Waals surface area contributed by atoms with Gasteiger partial charge in [0, 0.05) is 28.6 Å². The van der Waals surface area contributed by atoms with E-state index in [1.165, 1.54) is 17.3 Å². The molecule has 0 unspecified atom stereocenters. The molecule has 0 saturated heterocycles. The largest absolute Gasteiger partial charge is 0.292 e. The van der Waals surface area contributed by atoms with Crippen LogP contribution >= 0.6 is 23.4 Å². The van der Waals surface area contributed by atoms with E-state index in [4.69, 9.17) is 21.8 Å². The Balaban J connectivity index is 1.68. The summed E-state index contributed by atoms with van der Waals surface area (Å²) in [5, 5.41) is 15.2. The second-order valence-corrected chi connectivity index (χ2v) is 10.9. The van der Waals surface area contributed by atoms with E-state index in [-0.39, 0.29) is 5.78 Å². The third-order valence-electron chi connectivity index (χ3n) is 6.83. The lowest BCUT2D eigenvalue weighted by Gasteiger charge is -2.47. The molecule has 0 aromatic heterocycles. The zero-order valence-electron chi connectivity index (χ0n) is 21.2. The molecular weight excluding hydrogens is 512 g/mol. The zero-order chi connectivity index (χ0) is 26.4. The summed E-state index contributed by atoms with van der Waals surface area (Å²) in [6, 6.07) is 32.4. The number of hydrazone groups is 2. The van der Waals surface area contributed by atoms with Crippen LogP contribution in [0.3, 0.4) is 0 Å². The first-order valence-electron chi connectivity index (χ1n) is 12.3. The van der Waals surface area contributed by atoms with Crippen molar-refractivity contribution >= 4 is 51.3 Å². The first-order chi connectivity index (χ1) is 18.4. The number of aryl methyl sites for hydroxylation is 1. The number of carbonyl (C=O) groups excluding carboxylic acids is 1. The van der Waals surface area contributed by atoms with E-state index in [9.17, 15) is 4.79 Å². The van der Waals surface area contributed by atoms with Gasteiger partial charge in [0.05, 0.1) is 17.1 Å². The highest BCUT2D eigenvalue weighted by Gasteiger charge is 2.56. The number of thioether (sulfide) groups is 1. The quantitative estimate of drug-likeness (QED) is 0.271. The van der Waals surface area contributed by atoms with Crippen LogP contribution in [0, 0.1) is 13.8 Å². The van der Waals surface area contributed by atoms with Crippen LogP contribution in [0.1, 0.15) is 34.7 Å². The predicted molar refractivity (Wildman–Crippen MR) is 158 cm³/mol. The van der Waals surface area contributed by atoms with Crippen molar-refractivity contribution in [1.29, 1.82) is 0 Å². The molecule has 0 aliphatic carbocycles. The number of halogens is 1. The lowest BCUT2D eigenvalue weighted by atomic mass is 9.93. The topological polar surface area (TPSA) is 48.3 Å². The molecule has 1 spiro atoms. The van der Waals surface area contributed by atoms with Gasteiger partial charge in [-0.3, -0.25) is 4.79 Å². The molecule has 4 aromatic carbocycles. The Labute approximate surface area is 231 Å². The van der Waals surface area contributed by atoms with Gasteiger partial charge in [0.15, 0.2) is 10.8 Å². The molecule has 7 heteroatoms. The Morgan fingerprint density at radius 1 is 0.816 bits per heavy atom. The maximum atomic E-state index is 12.8. The van der Waals surface area contributed by atoms with Gasteiger partial charge in [0.2, 0.25) is 4.99 Å². The fraction of sp³-hybridized carbons (Fsp3) is 0.129. The molecule has 0 radical (unpaired) electrons. The summed E-state index contributed by atoms with van der Waals surface area (Å²) in [6.07, 6.45) is 0. The number of fused-ring (bicyclic) bond motifs is 2. The highest BCUT2D eigenvalue weighted by atomic mass is 35.5. The molecule has 2 aliphatic heterocycles. The van der Waals surface area contributed by atoms with Crippen molar-refractivity contribution in [2.24, 2.45) is 10.2 Å². The molecule has 4 aromatic rings. The van der Waals surface area contributed by atoms with E-state index in [1.807, 2.05) is 77.6 Å². The van der Waals surface area contributed by atoms with Gasteiger partial charge in [-0.2, -0.15) is 10.2 Å². The Bertz CT molecular complexity index is 1620. The number of benzene rings is 4. The van der Waals surface area contributed by atoms with Gasteiger partial charge in [-0.1, -0.05) is 90.0 Å². The number of hydrogen-bond donors (Lipinski definition) is 0. The molecular formula is C31H25ClN4OS. The molecule has 6 rings (SSSR count). The van der Waals surface area contributed by atoms with Crippen molar-refractivity contribution in [1.82, 2.24) is 0 Å². The molecule has 0 saturated carbocycles. The first-order valence-corrected chi connectivity index (χ1v) is 13.5. The summed E-state index contributed by atoms with van der Waals surface area (Å²) in [5.74, 6) is -0.102. The predicted octanol–water partition coefficient (Wildman–Crippen LogP) is 7.50. The number of Topliss-reactive ketones (excluding diaryl/α,β-unsaturated/α-hetero) is 1. The fourth-order valence-electron chi connectivity index (χ4n) is 4.88. The van der Waals surface area contributed by atoms with Gasteiger partial charge in [-0.25, -0.2) is 10.0 Å². The molecule has 0 bridgehead atoms. The molecule has 0 amide bonds. The summed E-state index contributed by atoms with van der Waals surface area (Å²) in [4.78, 5) is 11.8. The Kier molecular flexibility index (Phi) is 6.09. The summed E-state index contributed by atoms with van der Waals surface area (Å²) in [7, 11) is 0. The van der Waals surface area contributed by atoms with Crippen LogP contribution in [-0.2, 0) is 9.79 Å². The van der Waals surface area contributed by atoms with E-state index < -0.39 is 4.99 Å². The number of para-hydroxylation sites is 1. The van der Waals surface area contributed by atoms with E-state index in [0.717, 1.165) is 39.3 Å². The number of ketones is 1. The second-order valence-electron chi connectivity index (χ2n) is 9.37. The summed E-state index contributed by atoms with van der Waals surface area (Å²) in [6.45, 7) is 5.60. The van der Waals surface area contributed by atoms with Crippen molar-refractivity contribution in [2.45, 2.75) is 25.8 Å². The average Bonchev–Trinajstić information content (AvgIpc) is 3.33. The molecule has 2 aliphatic rings. The monoisotopic (exact) mass is 536 g/mol. The van der Waals surface area contributed by atoms with Crippen LogP contribution < -0.4 is 10.0 Å². The van der Waals surface area contributed by atoms with Gasteiger partial charge in [0.1, 0.15) is 0 Å². The summed E-state index contributed by atoms with van der Waals surface area (Å²) >= 11 is 8.01. The normalized spacial score (nSPS) is 18.3. The number of nitrogens with zero attached hydrogens (tertiary/aromatic N) is 4. The smallest absolute Gasteiger partial charge is 0.234 e. The average molecular weight is 537 g/mol. The molecule has 1 atom stereocenters. The minimum absolute atomic E-state index is 0.102. The minimum atomic E-state index is -0.997. The first kappa shape index (κ1) is 24.5. The maximum absolute atomic E-state index is 12.8. The fourth-order valence-corrected chi connectivity index (χ4v) is 6.33. The Hall–Kier alpha value is -3.87. The maximum Gasteiger partial charge on any atom is 0.234 e. The SMILES string of the molecule is CC(=O)C1=NN(c2cccc(Cl)c2C)[C@]2(S1)c1ccccc1C(c1ccc(C)cc1)=NN2c1ccccc1. The molecule has 5 nitrogen and oxygen atoms in total. The van der Waals surface area contributed by atoms with Crippen LogP contribution in [0.2, 0.25) is 5.02 Å². The zero-order valence-corrected chi connectivity index (χ0v) is 22.8. The minimum Gasteiger partial charge on any atom is -0.292 e. The van der Waals surface area contributed by atoms with Crippen molar-refractivity contribution < 1.29 is 4.79 Å². The van der Waals surface area contributed by atoms with E-state index >= 15 is 0 Å². The standard InChI is InChI=1S/C31H25ClN4OS/c1-20-16-18-23(19-17-20)29-25-12-7-8-13-26(25)31(35(33-29)24-10-5-4-6-11-24)36(34-30(38-31)22(3)37)28-15-9-14-27(32)21(28)2/h4-19H,1-3H3/t31-/m0/s1. The van der Waals surface area contributed by atoms with Crippen LogP contribution in [0.15, 0.2) is 107 Å². The Morgan fingerprint density at radius 3 is 2.26 bits per heavy atom. The van der Waals surface area contributed by atoms with Crippen molar-refractivity contribution in [3.63, 3.8) is 0 Å². The van der Waals surface area contributed by atoms with Gasteiger partial charge >= 0.3 is 0 Å². The van der Waals surface area contributed by atoms with Crippen molar-refractivity contribution in [2.75, 3.05) is 10.0 Å². The molecule has 188 valence electrons. The van der Waals surface area contributed by atoms with Crippen LogP contribution in [0.5, 0.6) is 0 Å². The van der Waals surface area contributed by atoms with Gasteiger partial charge in [-0.05, 0) is 55.4 Å². The van der Waals surface area contributed by atoms with E-state index in [1.54, 1.807) is 6.92 Å². The lowest BCUT2D eigenvalue weighted by molar-refractivity contribution is -0.110. The number of anilines is 2. The molecule has 2 heterocycles. The van der Waals surface area contributed by atoms with Crippen molar-refractivity contribution in [3.05, 3.63) is 130 Å². The third-order valence-corrected chi connectivity index (χ3v) is 8.65. The summed E-state index contributed by atoms with van der Waals surface area (Å²) in [5.41, 5.74) is 7.59. The van der Waals surface area contributed by atoms with Gasteiger partial charge in [0.25, 0.3) is 0 Å². The van der Waals surface area contributed by atoms with Crippen LogP contribution in [-0.4, -0.2) is 16.5 Å². The highest BCUT2D eigenvalue weighted by Crippen LogP contribution is 2.55. The highest BCUT2D eigenvalue weighted by molar-refractivity contribution is 8.17. The third kappa shape index (κ3) is 3.83. The number of carbonyl (C=O) groups is 1. The van der Waals surface area contributed by atoms with Crippen LogP contribution in [0.4, 0.5) is 11.4 Å². The van der Waals surface area contributed by atoms with E-state index in [2.05, 4.69) is 43.3 Å². The van der Waals surface area contributed by atoms with Gasteiger partial charge in [-0.15, -0.1) is 0 Å². The number of rotatable bonds is 4. The molecule has 0 fully saturated rings. The Morgan fingerprint density at radius 2 is 1.53 bits per heavy atom. The molecule has 0 N–H and O–H groups in total.